The van der Waals surface area contributed by atoms with Gasteiger partial charge < -0.3 is 9.69 Å². The maximum absolute atomic E-state index is 13.7. The van der Waals surface area contributed by atoms with E-state index < -0.39 is 0 Å². The minimum Gasteiger partial charge on any atom is -0.340 e. The summed E-state index contributed by atoms with van der Waals surface area (Å²) in [6, 6.07) is 18.7. The Labute approximate surface area is 199 Å². The van der Waals surface area contributed by atoms with Gasteiger partial charge in [-0.3, -0.25) is 14.6 Å². The van der Waals surface area contributed by atoms with E-state index in [4.69, 9.17) is 0 Å². The maximum Gasteiger partial charge on any atom is 0.239 e. The molecule has 2 atom stereocenters. The van der Waals surface area contributed by atoms with Gasteiger partial charge in [0, 0.05) is 45.7 Å². The molecule has 0 N–H and O–H groups in total. The van der Waals surface area contributed by atoms with Crippen LogP contribution in [0.25, 0.3) is 0 Å². The van der Waals surface area contributed by atoms with Crippen molar-refractivity contribution in [1.29, 1.82) is 0 Å². The first-order chi connectivity index (χ1) is 16.0. The van der Waals surface area contributed by atoms with Gasteiger partial charge in [-0.05, 0) is 37.4 Å². The first-order valence-electron chi connectivity index (χ1n) is 12.2. The molecule has 0 aliphatic carbocycles. The highest BCUT2D eigenvalue weighted by Crippen LogP contribution is 2.19. The largest absolute Gasteiger partial charge is 0.340 e. The maximum atomic E-state index is 13.7. The molecule has 1 fully saturated rings. The minimum atomic E-state index is -0.283. The lowest BCUT2D eigenvalue weighted by molar-refractivity contribution is -0.137. The molecular formula is C28H39N3O2. The summed E-state index contributed by atoms with van der Waals surface area (Å²) in [5, 5.41) is 0. The topological polar surface area (TPSA) is 43.9 Å². The Balaban J connectivity index is 1.69. The molecule has 1 aliphatic heterocycles. The zero-order valence-electron chi connectivity index (χ0n) is 20.5. The van der Waals surface area contributed by atoms with Crippen LogP contribution in [0.15, 0.2) is 54.6 Å². The third-order valence-corrected chi connectivity index (χ3v) is 6.75. The van der Waals surface area contributed by atoms with Gasteiger partial charge in [0.2, 0.25) is 5.91 Å². The van der Waals surface area contributed by atoms with Crippen LogP contribution in [0.4, 0.5) is 0 Å². The van der Waals surface area contributed by atoms with E-state index in [1.807, 2.05) is 13.1 Å². The molecule has 0 saturated carbocycles. The Morgan fingerprint density at radius 2 is 1.79 bits per heavy atom. The second kappa shape index (κ2) is 12.7. The summed E-state index contributed by atoms with van der Waals surface area (Å²) in [7, 11) is 2.00. The van der Waals surface area contributed by atoms with E-state index in [9.17, 15) is 9.59 Å². The quantitative estimate of drug-likeness (QED) is 0.511. The molecule has 5 heteroatoms. The molecule has 0 radical (unpaired) electrons. The molecule has 1 amide bonds. The monoisotopic (exact) mass is 449 g/mol. The Morgan fingerprint density at radius 3 is 2.45 bits per heavy atom. The molecule has 2 unspecified atom stereocenters. The number of aldehydes is 1. The lowest BCUT2D eigenvalue weighted by Gasteiger charge is -2.33. The van der Waals surface area contributed by atoms with Crippen LogP contribution in [-0.4, -0.2) is 66.2 Å². The Kier molecular flexibility index (Phi) is 9.64. The summed E-state index contributed by atoms with van der Waals surface area (Å²) in [6.07, 6.45) is 2.94. The molecule has 2 aromatic rings. The van der Waals surface area contributed by atoms with Crippen LogP contribution in [0.3, 0.4) is 0 Å². The lowest BCUT2D eigenvalue weighted by Crippen LogP contribution is -2.48. The molecule has 33 heavy (non-hydrogen) atoms. The summed E-state index contributed by atoms with van der Waals surface area (Å²) in [4.78, 5) is 31.5. The number of hydrogen-bond donors (Lipinski definition) is 0. The fourth-order valence-electron chi connectivity index (χ4n) is 4.68. The van der Waals surface area contributed by atoms with Crippen LogP contribution in [0.5, 0.6) is 0 Å². The van der Waals surface area contributed by atoms with E-state index in [2.05, 4.69) is 77.1 Å². The third kappa shape index (κ3) is 7.51. The van der Waals surface area contributed by atoms with E-state index in [-0.39, 0.29) is 11.9 Å². The lowest BCUT2D eigenvalue weighted by atomic mass is 10.0. The van der Waals surface area contributed by atoms with Crippen LogP contribution < -0.4 is 0 Å². The second-order valence-corrected chi connectivity index (χ2v) is 9.44. The van der Waals surface area contributed by atoms with E-state index in [1.165, 1.54) is 16.7 Å². The molecule has 0 spiro atoms. The van der Waals surface area contributed by atoms with Crippen molar-refractivity contribution in [2.45, 2.75) is 52.2 Å². The number of hydrogen-bond acceptors (Lipinski definition) is 4. The normalized spacial score (nSPS) is 18.2. The minimum absolute atomic E-state index is 0.159. The molecule has 178 valence electrons. The number of nitrogens with zero attached hydrogens (tertiary/aromatic N) is 3. The molecular weight excluding hydrogens is 410 g/mol. The number of amides is 1. The summed E-state index contributed by atoms with van der Waals surface area (Å²) in [6.45, 7) is 9.31. The van der Waals surface area contributed by atoms with Gasteiger partial charge in [0.05, 0.1) is 6.04 Å². The van der Waals surface area contributed by atoms with Crippen LogP contribution in [0.2, 0.25) is 0 Å². The van der Waals surface area contributed by atoms with E-state index in [1.54, 1.807) is 0 Å². The van der Waals surface area contributed by atoms with Gasteiger partial charge >= 0.3 is 0 Å². The van der Waals surface area contributed by atoms with Crippen molar-refractivity contribution in [2.75, 3.05) is 33.2 Å². The molecule has 3 rings (SSSR count). The van der Waals surface area contributed by atoms with Crippen molar-refractivity contribution < 1.29 is 9.59 Å². The molecule has 2 aromatic carbocycles. The highest BCUT2D eigenvalue weighted by atomic mass is 16.2. The average Bonchev–Trinajstić information content (AvgIpc) is 3.03. The molecule has 1 aliphatic rings. The third-order valence-electron chi connectivity index (χ3n) is 6.75. The fourth-order valence-corrected chi connectivity index (χ4v) is 4.68. The number of aryl methyl sites for hydroxylation is 1. The predicted octanol–water partition coefficient (Wildman–Crippen LogP) is 4.15. The van der Waals surface area contributed by atoms with Crippen LogP contribution in [0.1, 0.15) is 42.9 Å². The second-order valence-electron chi connectivity index (χ2n) is 9.44. The van der Waals surface area contributed by atoms with Crippen LogP contribution >= 0.6 is 0 Å². The number of carbonyl (C=O) groups is 2. The van der Waals surface area contributed by atoms with Crippen molar-refractivity contribution >= 4 is 12.2 Å². The average molecular weight is 450 g/mol. The number of likely N-dealkylation sites (N-methyl/N-ethyl adjacent to an activating group) is 1. The predicted molar refractivity (Wildman–Crippen MR) is 134 cm³/mol. The van der Waals surface area contributed by atoms with E-state index >= 15 is 0 Å². The van der Waals surface area contributed by atoms with Gasteiger partial charge in [-0.2, -0.15) is 0 Å². The molecule has 1 saturated heterocycles. The van der Waals surface area contributed by atoms with Gasteiger partial charge in [-0.15, -0.1) is 0 Å². The molecule has 5 nitrogen and oxygen atoms in total. The van der Waals surface area contributed by atoms with Crippen molar-refractivity contribution in [1.82, 2.24) is 14.7 Å². The highest BCUT2D eigenvalue weighted by molar-refractivity contribution is 5.82. The van der Waals surface area contributed by atoms with Gasteiger partial charge in [0.25, 0.3) is 0 Å². The first kappa shape index (κ1) is 25.1. The zero-order valence-corrected chi connectivity index (χ0v) is 20.5. The SMILES string of the molecule is CCC1CN(Cc2ccccc2)CCN(C(=O)C(CCC=O)N(C)Cc2ccc(C)cc2)C1. The van der Waals surface area contributed by atoms with Gasteiger partial charge in [0.1, 0.15) is 6.29 Å². The smallest absolute Gasteiger partial charge is 0.239 e. The summed E-state index contributed by atoms with van der Waals surface area (Å²) >= 11 is 0. The zero-order chi connectivity index (χ0) is 23.6. The molecule has 0 bridgehead atoms. The summed E-state index contributed by atoms with van der Waals surface area (Å²) < 4.78 is 0. The van der Waals surface area contributed by atoms with Crippen LogP contribution in [0, 0.1) is 12.8 Å². The number of rotatable bonds is 10. The van der Waals surface area contributed by atoms with E-state index in [0.717, 1.165) is 45.4 Å². The Hall–Kier alpha value is -2.50. The van der Waals surface area contributed by atoms with E-state index in [0.29, 0.717) is 25.3 Å². The molecule has 0 aromatic heterocycles. The van der Waals surface area contributed by atoms with Crippen molar-refractivity contribution in [2.24, 2.45) is 5.92 Å². The summed E-state index contributed by atoms with van der Waals surface area (Å²) in [5.41, 5.74) is 3.72. The Morgan fingerprint density at radius 1 is 1.06 bits per heavy atom. The van der Waals surface area contributed by atoms with Gasteiger partial charge in [0.15, 0.2) is 0 Å². The number of carbonyl (C=O) groups excluding carboxylic acids is 2. The highest BCUT2D eigenvalue weighted by Gasteiger charge is 2.31. The van der Waals surface area contributed by atoms with Gasteiger partial charge in [-0.1, -0.05) is 73.5 Å². The van der Waals surface area contributed by atoms with Gasteiger partial charge in [-0.25, -0.2) is 0 Å². The molecule has 1 heterocycles. The van der Waals surface area contributed by atoms with Crippen molar-refractivity contribution in [3.05, 3.63) is 71.3 Å². The Bertz CT molecular complexity index is 868. The van der Waals surface area contributed by atoms with Crippen molar-refractivity contribution in [3.8, 4) is 0 Å². The van der Waals surface area contributed by atoms with Crippen molar-refractivity contribution in [3.63, 3.8) is 0 Å². The summed E-state index contributed by atoms with van der Waals surface area (Å²) in [5.74, 6) is 0.612. The standard InChI is InChI=1S/C28H39N3O2/c1-4-24-20-30(21-25-9-6-5-7-10-25)16-17-31(22-24)28(33)27(11-8-18-32)29(3)19-26-14-12-23(2)13-15-26/h5-7,9-10,12-15,18,24,27H,4,8,11,16-17,19-22H2,1-3H3. The fraction of sp³-hybridized carbons (Fsp3) is 0.500. The number of benzene rings is 2. The van der Waals surface area contributed by atoms with Crippen LogP contribution in [-0.2, 0) is 22.7 Å². The first-order valence-corrected chi connectivity index (χ1v) is 12.2.